The van der Waals surface area contributed by atoms with E-state index in [0.717, 1.165) is 18.4 Å². The zero-order valence-corrected chi connectivity index (χ0v) is 15.4. The Kier molecular flexibility index (Phi) is 5.30. The quantitative estimate of drug-likeness (QED) is 0.863. The van der Waals surface area contributed by atoms with Crippen molar-refractivity contribution in [1.82, 2.24) is 4.90 Å². The van der Waals surface area contributed by atoms with Crippen molar-refractivity contribution < 1.29 is 27.1 Å². The van der Waals surface area contributed by atoms with E-state index >= 15 is 0 Å². The zero-order chi connectivity index (χ0) is 19.8. The standard InChI is InChI=1S/C19H19F2NO4S/c1-27(25,26)11-12-3-2-4-14(7-12)19(24)22-10-15(23)9-18(22)13-5-6-16(20)17(21)8-13/h2-8,15,18,23H,9-11H2,1H3/t15-,18-/m1/s1. The van der Waals surface area contributed by atoms with Gasteiger partial charge in [0.15, 0.2) is 21.5 Å². The molecule has 0 aromatic heterocycles. The first-order valence-electron chi connectivity index (χ1n) is 8.34. The molecule has 0 aliphatic carbocycles. The summed E-state index contributed by atoms with van der Waals surface area (Å²) in [5.41, 5.74) is 1.15. The molecule has 1 saturated heterocycles. The van der Waals surface area contributed by atoms with Crippen LogP contribution in [0.25, 0.3) is 0 Å². The summed E-state index contributed by atoms with van der Waals surface area (Å²) in [5, 5.41) is 10.0. The van der Waals surface area contributed by atoms with Crippen molar-refractivity contribution in [1.29, 1.82) is 0 Å². The van der Waals surface area contributed by atoms with Crippen LogP contribution in [0, 0.1) is 11.6 Å². The van der Waals surface area contributed by atoms with Gasteiger partial charge in [-0.05, 0) is 41.8 Å². The number of sulfone groups is 1. The number of nitrogens with zero attached hydrogens (tertiary/aromatic N) is 1. The van der Waals surface area contributed by atoms with E-state index in [-0.39, 0.29) is 24.3 Å². The summed E-state index contributed by atoms with van der Waals surface area (Å²) < 4.78 is 49.8. The van der Waals surface area contributed by atoms with E-state index < -0.39 is 39.5 Å². The van der Waals surface area contributed by atoms with Gasteiger partial charge >= 0.3 is 0 Å². The number of aliphatic hydroxyl groups is 1. The van der Waals surface area contributed by atoms with Gasteiger partial charge in [0, 0.05) is 18.4 Å². The summed E-state index contributed by atoms with van der Waals surface area (Å²) in [6, 6.07) is 9.07. The number of carbonyl (C=O) groups excluding carboxylic acids is 1. The summed E-state index contributed by atoms with van der Waals surface area (Å²) in [6.07, 6.45) is 0.531. The number of hydrogen-bond donors (Lipinski definition) is 1. The third-order valence-electron chi connectivity index (χ3n) is 4.47. The maximum Gasteiger partial charge on any atom is 0.254 e. The molecule has 1 aliphatic heterocycles. The zero-order valence-electron chi connectivity index (χ0n) is 14.6. The molecule has 1 amide bonds. The van der Waals surface area contributed by atoms with Crippen LogP contribution in [0.15, 0.2) is 42.5 Å². The predicted octanol–water partition coefficient (Wildman–Crippen LogP) is 2.46. The third kappa shape index (κ3) is 4.51. The second-order valence-electron chi connectivity index (χ2n) is 6.81. The smallest absolute Gasteiger partial charge is 0.254 e. The molecule has 0 saturated carbocycles. The van der Waals surface area contributed by atoms with Crippen molar-refractivity contribution in [3.05, 3.63) is 70.8 Å². The Balaban J connectivity index is 1.90. The van der Waals surface area contributed by atoms with Crippen molar-refractivity contribution in [3.63, 3.8) is 0 Å². The van der Waals surface area contributed by atoms with Crippen LogP contribution in [-0.2, 0) is 15.6 Å². The monoisotopic (exact) mass is 395 g/mol. The maximum atomic E-state index is 13.6. The fourth-order valence-electron chi connectivity index (χ4n) is 3.34. The molecule has 1 N–H and O–H groups in total. The highest BCUT2D eigenvalue weighted by molar-refractivity contribution is 7.89. The van der Waals surface area contributed by atoms with E-state index in [1.165, 1.54) is 17.0 Å². The first-order valence-corrected chi connectivity index (χ1v) is 10.4. The van der Waals surface area contributed by atoms with Crippen LogP contribution in [0.5, 0.6) is 0 Å². The molecule has 1 aliphatic rings. The number of carbonyl (C=O) groups is 1. The van der Waals surface area contributed by atoms with Gasteiger partial charge < -0.3 is 10.0 Å². The van der Waals surface area contributed by atoms with Crippen LogP contribution in [0.4, 0.5) is 8.78 Å². The Morgan fingerprint density at radius 2 is 1.93 bits per heavy atom. The third-order valence-corrected chi connectivity index (χ3v) is 5.33. The second-order valence-corrected chi connectivity index (χ2v) is 8.95. The van der Waals surface area contributed by atoms with Gasteiger partial charge in [-0.25, -0.2) is 17.2 Å². The molecule has 0 spiro atoms. The molecule has 5 nitrogen and oxygen atoms in total. The van der Waals surface area contributed by atoms with Crippen molar-refractivity contribution in [2.75, 3.05) is 12.8 Å². The number of halogens is 2. The van der Waals surface area contributed by atoms with Crippen LogP contribution < -0.4 is 0 Å². The number of hydrogen-bond acceptors (Lipinski definition) is 4. The first kappa shape index (κ1) is 19.4. The molecule has 1 fully saturated rings. The Bertz CT molecular complexity index is 977. The number of rotatable bonds is 4. The average Bonchev–Trinajstić information content (AvgIpc) is 2.97. The second kappa shape index (κ2) is 7.36. The molecule has 27 heavy (non-hydrogen) atoms. The summed E-state index contributed by atoms with van der Waals surface area (Å²) in [7, 11) is -3.25. The van der Waals surface area contributed by atoms with Gasteiger partial charge in [0.2, 0.25) is 0 Å². The summed E-state index contributed by atoms with van der Waals surface area (Å²) in [6.45, 7) is 0.0544. The van der Waals surface area contributed by atoms with Crippen LogP contribution in [-0.4, -0.2) is 43.2 Å². The molecule has 0 unspecified atom stereocenters. The molecular weight excluding hydrogens is 376 g/mol. The summed E-state index contributed by atoms with van der Waals surface area (Å²) in [5.74, 6) is -2.60. The Morgan fingerprint density at radius 3 is 2.59 bits per heavy atom. The molecular formula is C19H19F2NO4S. The summed E-state index contributed by atoms with van der Waals surface area (Å²) in [4.78, 5) is 14.3. The minimum absolute atomic E-state index is 0.0544. The van der Waals surface area contributed by atoms with Gasteiger partial charge in [0.1, 0.15) is 0 Å². The number of likely N-dealkylation sites (tertiary alicyclic amines) is 1. The van der Waals surface area contributed by atoms with E-state index in [0.29, 0.717) is 11.1 Å². The van der Waals surface area contributed by atoms with Crippen LogP contribution in [0.3, 0.4) is 0 Å². The van der Waals surface area contributed by atoms with Crippen molar-refractivity contribution in [2.45, 2.75) is 24.3 Å². The van der Waals surface area contributed by atoms with Crippen LogP contribution in [0.1, 0.15) is 33.9 Å². The predicted molar refractivity (Wildman–Crippen MR) is 95.7 cm³/mol. The maximum absolute atomic E-state index is 13.6. The number of amides is 1. The highest BCUT2D eigenvalue weighted by Gasteiger charge is 2.36. The van der Waals surface area contributed by atoms with Crippen molar-refractivity contribution >= 4 is 15.7 Å². The number of benzene rings is 2. The van der Waals surface area contributed by atoms with E-state index in [4.69, 9.17) is 0 Å². The SMILES string of the molecule is CS(=O)(=O)Cc1cccc(C(=O)N2C[C@H](O)C[C@@H]2c2ccc(F)c(F)c2)c1. The van der Waals surface area contributed by atoms with Gasteiger partial charge in [-0.2, -0.15) is 0 Å². The molecule has 0 radical (unpaired) electrons. The van der Waals surface area contributed by atoms with Gasteiger partial charge in [-0.1, -0.05) is 18.2 Å². The number of β-amino-alcohol motifs (C(OH)–C–C–N with tert-alkyl or cyclic N) is 1. The average molecular weight is 395 g/mol. The lowest BCUT2D eigenvalue weighted by Gasteiger charge is -2.25. The highest BCUT2D eigenvalue weighted by atomic mass is 32.2. The molecule has 0 bridgehead atoms. The van der Waals surface area contributed by atoms with Crippen LogP contribution >= 0.6 is 0 Å². The highest BCUT2D eigenvalue weighted by Crippen LogP contribution is 2.34. The van der Waals surface area contributed by atoms with E-state index in [1.807, 2.05) is 0 Å². The molecule has 3 rings (SSSR count). The fourth-order valence-corrected chi connectivity index (χ4v) is 4.12. The van der Waals surface area contributed by atoms with Gasteiger partial charge in [-0.3, -0.25) is 4.79 Å². The molecule has 144 valence electrons. The molecule has 2 atom stereocenters. The Labute approximate surface area is 156 Å². The lowest BCUT2D eigenvalue weighted by atomic mass is 10.0. The Hall–Kier alpha value is -2.32. The summed E-state index contributed by atoms with van der Waals surface area (Å²) >= 11 is 0. The van der Waals surface area contributed by atoms with Gasteiger partial charge in [0.05, 0.1) is 17.9 Å². The normalized spacial score (nSPS) is 20.1. The van der Waals surface area contributed by atoms with E-state index in [9.17, 15) is 27.1 Å². The van der Waals surface area contributed by atoms with Gasteiger partial charge in [0.25, 0.3) is 5.91 Å². The van der Waals surface area contributed by atoms with E-state index in [1.54, 1.807) is 18.2 Å². The Morgan fingerprint density at radius 1 is 1.19 bits per heavy atom. The number of aliphatic hydroxyl groups excluding tert-OH is 1. The lowest BCUT2D eigenvalue weighted by Crippen LogP contribution is -2.32. The first-order chi connectivity index (χ1) is 12.6. The topological polar surface area (TPSA) is 74.7 Å². The molecule has 1 heterocycles. The van der Waals surface area contributed by atoms with Gasteiger partial charge in [-0.15, -0.1) is 0 Å². The molecule has 8 heteroatoms. The minimum Gasteiger partial charge on any atom is -0.391 e. The molecule has 2 aromatic rings. The van der Waals surface area contributed by atoms with Crippen LogP contribution in [0.2, 0.25) is 0 Å². The van der Waals surface area contributed by atoms with Crippen molar-refractivity contribution in [2.24, 2.45) is 0 Å². The minimum atomic E-state index is -3.25. The fraction of sp³-hybridized carbons (Fsp3) is 0.316. The molecule has 2 aromatic carbocycles. The van der Waals surface area contributed by atoms with Crippen molar-refractivity contribution in [3.8, 4) is 0 Å². The lowest BCUT2D eigenvalue weighted by molar-refractivity contribution is 0.0715. The van der Waals surface area contributed by atoms with E-state index in [2.05, 4.69) is 0 Å². The largest absolute Gasteiger partial charge is 0.391 e.